The number of hydrogen-bond donors (Lipinski definition) is 1. The summed E-state index contributed by atoms with van der Waals surface area (Å²) in [5.41, 5.74) is 2.49. The molecule has 1 rings (SSSR count). The standard InChI is InChI=1S/C14H23NO2/c1-11-6-5-7-14(13(11)3)17-10-12(2)15-8-9-16-4/h5-7,12,15H,8-10H2,1-4H3/t12-/m0/s1. The van der Waals surface area contributed by atoms with Crippen LogP contribution in [-0.2, 0) is 4.74 Å². The van der Waals surface area contributed by atoms with E-state index in [0.29, 0.717) is 12.6 Å². The Morgan fingerprint density at radius 1 is 1.29 bits per heavy atom. The fourth-order valence-corrected chi connectivity index (χ4v) is 1.56. The molecule has 0 unspecified atom stereocenters. The summed E-state index contributed by atoms with van der Waals surface area (Å²) in [6.45, 7) is 8.56. The number of nitrogens with one attached hydrogen (secondary N) is 1. The highest BCUT2D eigenvalue weighted by Crippen LogP contribution is 2.20. The lowest BCUT2D eigenvalue weighted by Gasteiger charge is -2.16. The second kappa shape index (κ2) is 7.30. The smallest absolute Gasteiger partial charge is 0.122 e. The molecule has 0 aliphatic carbocycles. The zero-order valence-corrected chi connectivity index (χ0v) is 11.2. The molecule has 0 aliphatic heterocycles. The maximum atomic E-state index is 5.81. The van der Waals surface area contributed by atoms with E-state index in [2.05, 4.69) is 32.2 Å². The van der Waals surface area contributed by atoms with Crippen molar-refractivity contribution >= 4 is 0 Å². The van der Waals surface area contributed by atoms with E-state index >= 15 is 0 Å². The lowest BCUT2D eigenvalue weighted by molar-refractivity contribution is 0.189. The molecule has 17 heavy (non-hydrogen) atoms. The summed E-state index contributed by atoms with van der Waals surface area (Å²) in [5.74, 6) is 0.977. The molecule has 0 bridgehead atoms. The number of hydrogen-bond acceptors (Lipinski definition) is 3. The van der Waals surface area contributed by atoms with Crippen LogP contribution < -0.4 is 10.1 Å². The molecule has 1 N–H and O–H groups in total. The first-order chi connectivity index (χ1) is 8.15. The van der Waals surface area contributed by atoms with Crippen molar-refractivity contribution in [2.45, 2.75) is 26.8 Å². The van der Waals surface area contributed by atoms with Crippen molar-refractivity contribution in [1.29, 1.82) is 0 Å². The summed E-state index contributed by atoms with van der Waals surface area (Å²) in [6, 6.07) is 6.47. The van der Waals surface area contributed by atoms with Gasteiger partial charge in [-0.15, -0.1) is 0 Å². The van der Waals surface area contributed by atoms with Crippen LogP contribution in [0.15, 0.2) is 18.2 Å². The van der Waals surface area contributed by atoms with Crippen LogP contribution in [0.4, 0.5) is 0 Å². The van der Waals surface area contributed by atoms with Crippen LogP contribution in [0.1, 0.15) is 18.1 Å². The van der Waals surface area contributed by atoms with Gasteiger partial charge in [0.15, 0.2) is 0 Å². The first-order valence-electron chi connectivity index (χ1n) is 6.06. The quantitative estimate of drug-likeness (QED) is 0.738. The second-order valence-electron chi connectivity index (χ2n) is 4.36. The van der Waals surface area contributed by atoms with Crippen LogP contribution in [-0.4, -0.2) is 32.9 Å². The Bertz CT molecular complexity index is 339. The highest BCUT2D eigenvalue weighted by Gasteiger charge is 2.05. The highest BCUT2D eigenvalue weighted by atomic mass is 16.5. The third kappa shape index (κ3) is 4.75. The van der Waals surface area contributed by atoms with Crippen LogP contribution >= 0.6 is 0 Å². The minimum atomic E-state index is 0.324. The molecule has 0 amide bonds. The second-order valence-corrected chi connectivity index (χ2v) is 4.36. The van der Waals surface area contributed by atoms with Gasteiger partial charge in [-0.1, -0.05) is 12.1 Å². The van der Waals surface area contributed by atoms with Gasteiger partial charge in [0, 0.05) is 19.7 Å². The van der Waals surface area contributed by atoms with Gasteiger partial charge >= 0.3 is 0 Å². The maximum absolute atomic E-state index is 5.81. The Balaban J connectivity index is 2.37. The fraction of sp³-hybridized carbons (Fsp3) is 0.571. The molecule has 0 heterocycles. The highest BCUT2D eigenvalue weighted by molar-refractivity contribution is 5.38. The average Bonchev–Trinajstić information content (AvgIpc) is 2.31. The van der Waals surface area contributed by atoms with Gasteiger partial charge in [-0.05, 0) is 38.0 Å². The topological polar surface area (TPSA) is 30.5 Å². The van der Waals surface area contributed by atoms with Crippen molar-refractivity contribution in [3.63, 3.8) is 0 Å². The van der Waals surface area contributed by atoms with Crippen LogP contribution in [0.5, 0.6) is 5.75 Å². The van der Waals surface area contributed by atoms with Crippen LogP contribution in [0.2, 0.25) is 0 Å². The fourth-order valence-electron chi connectivity index (χ4n) is 1.56. The number of benzene rings is 1. The zero-order valence-electron chi connectivity index (χ0n) is 11.2. The van der Waals surface area contributed by atoms with E-state index in [4.69, 9.17) is 9.47 Å². The third-order valence-electron chi connectivity index (χ3n) is 2.84. The first-order valence-corrected chi connectivity index (χ1v) is 6.06. The van der Waals surface area contributed by atoms with E-state index in [-0.39, 0.29) is 0 Å². The predicted molar refractivity (Wildman–Crippen MR) is 70.8 cm³/mol. The molecular weight excluding hydrogens is 214 g/mol. The molecule has 0 fully saturated rings. The summed E-state index contributed by atoms with van der Waals surface area (Å²) in [5, 5.41) is 3.34. The Morgan fingerprint density at radius 3 is 2.76 bits per heavy atom. The van der Waals surface area contributed by atoms with Gasteiger partial charge in [-0.3, -0.25) is 0 Å². The molecule has 0 saturated carbocycles. The molecule has 3 heteroatoms. The van der Waals surface area contributed by atoms with Crippen LogP contribution in [0, 0.1) is 13.8 Å². The summed E-state index contributed by atoms with van der Waals surface area (Å²) in [7, 11) is 1.71. The number of aryl methyl sites for hydroxylation is 1. The lowest BCUT2D eigenvalue weighted by atomic mass is 10.1. The van der Waals surface area contributed by atoms with Gasteiger partial charge in [0.2, 0.25) is 0 Å². The van der Waals surface area contributed by atoms with E-state index < -0.39 is 0 Å². The van der Waals surface area contributed by atoms with Gasteiger partial charge in [0.05, 0.1) is 6.61 Å². The Labute approximate surface area is 104 Å². The Hall–Kier alpha value is -1.06. The first kappa shape index (κ1) is 14.0. The van der Waals surface area contributed by atoms with Crippen molar-refractivity contribution in [2.24, 2.45) is 0 Å². The molecule has 3 nitrogen and oxygen atoms in total. The molecule has 0 aliphatic rings. The lowest BCUT2D eigenvalue weighted by Crippen LogP contribution is -2.34. The van der Waals surface area contributed by atoms with E-state index in [9.17, 15) is 0 Å². The number of ether oxygens (including phenoxy) is 2. The molecule has 0 saturated heterocycles. The van der Waals surface area contributed by atoms with Crippen molar-refractivity contribution in [2.75, 3.05) is 26.9 Å². The Kier molecular flexibility index (Phi) is 6.01. The summed E-state index contributed by atoms with van der Waals surface area (Å²) in [4.78, 5) is 0. The summed E-state index contributed by atoms with van der Waals surface area (Å²) >= 11 is 0. The number of methoxy groups -OCH3 is 1. The molecule has 1 aromatic rings. The molecule has 0 spiro atoms. The molecule has 0 aromatic heterocycles. The summed E-state index contributed by atoms with van der Waals surface area (Å²) < 4.78 is 10.8. The minimum Gasteiger partial charge on any atom is -0.492 e. The van der Waals surface area contributed by atoms with E-state index in [1.807, 2.05) is 12.1 Å². The molecule has 0 radical (unpaired) electrons. The SMILES string of the molecule is COCCN[C@@H](C)COc1cccc(C)c1C. The van der Waals surface area contributed by atoms with E-state index in [1.54, 1.807) is 7.11 Å². The van der Waals surface area contributed by atoms with E-state index in [1.165, 1.54) is 11.1 Å². The van der Waals surface area contributed by atoms with Crippen molar-refractivity contribution in [1.82, 2.24) is 5.32 Å². The van der Waals surface area contributed by atoms with Crippen LogP contribution in [0.3, 0.4) is 0 Å². The minimum absolute atomic E-state index is 0.324. The van der Waals surface area contributed by atoms with Gasteiger partial charge < -0.3 is 14.8 Å². The monoisotopic (exact) mass is 237 g/mol. The molecule has 1 atom stereocenters. The predicted octanol–water partition coefficient (Wildman–Crippen LogP) is 2.31. The van der Waals surface area contributed by atoms with Crippen molar-refractivity contribution in [3.8, 4) is 5.75 Å². The molecule has 1 aromatic carbocycles. The number of rotatable bonds is 7. The normalized spacial score (nSPS) is 12.5. The van der Waals surface area contributed by atoms with Gasteiger partial charge in [-0.2, -0.15) is 0 Å². The van der Waals surface area contributed by atoms with Crippen molar-refractivity contribution in [3.05, 3.63) is 29.3 Å². The third-order valence-corrected chi connectivity index (χ3v) is 2.84. The molecular formula is C14H23NO2. The van der Waals surface area contributed by atoms with E-state index in [0.717, 1.165) is 18.9 Å². The summed E-state index contributed by atoms with van der Waals surface area (Å²) in [6.07, 6.45) is 0. The maximum Gasteiger partial charge on any atom is 0.122 e. The average molecular weight is 237 g/mol. The van der Waals surface area contributed by atoms with Crippen LogP contribution in [0.25, 0.3) is 0 Å². The largest absolute Gasteiger partial charge is 0.492 e. The molecule has 96 valence electrons. The van der Waals surface area contributed by atoms with Crippen molar-refractivity contribution < 1.29 is 9.47 Å². The van der Waals surface area contributed by atoms with Gasteiger partial charge in [0.1, 0.15) is 12.4 Å². The zero-order chi connectivity index (χ0) is 12.7. The van der Waals surface area contributed by atoms with Gasteiger partial charge in [0.25, 0.3) is 0 Å². The van der Waals surface area contributed by atoms with Gasteiger partial charge in [-0.25, -0.2) is 0 Å². The Morgan fingerprint density at radius 2 is 2.06 bits per heavy atom.